The van der Waals surface area contributed by atoms with E-state index in [2.05, 4.69) is 5.10 Å². The van der Waals surface area contributed by atoms with E-state index in [-0.39, 0.29) is 24.6 Å². The monoisotopic (exact) mass is 354 g/mol. The molecule has 0 spiro atoms. The molecule has 128 valence electrons. The lowest BCUT2D eigenvalue weighted by atomic mass is 10.1. The Labute approximate surface area is 150 Å². The number of rotatable bonds is 5. The van der Waals surface area contributed by atoms with Gasteiger partial charge in [-0.25, -0.2) is 9.80 Å². The molecule has 0 aliphatic carbocycles. The van der Waals surface area contributed by atoms with Gasteiger partial charge in [0, 0.05) is 17.7 Å². The Kier molecular flexibility index (Phi) is 5.50. The molecule has 0 radical (unpaired) electrons. The fraction of sp³-hybridized carbons (Fsp3) is 0.211. The minimum absolute atomic E-state index is 0.129. The Hall–Kier alpha value is -2.60. The molecule has 0 saturated carbocycles. The van der Waals surface area contributed by atoms with Gasteiger partial charge in [-0.3, -0.25) is 4.79 Å². The highest BCUT2D eigenvalue weighted by Crippen LogP contribution is 2.20. The van der Waals surface area contributed by atoms with Gasteiger partial charge in [0.2, 0.25) is 5.91 Å². The van der Waals surface area contributed by atoms with Gasteiger partial charge in [-0.05, 0) is 36.1 Å². The van der Waals surface area contributed by atoms with Crippen molar-refractivity contribution in [3.63, 3.8) is 0 Å². The lowest BCUT2D eigenvalue weighted by Crippen LogP contribution is -2.34. The van der Waals surface area contributed by atoms with Crippen molar-refractivity contribution in [3.05, 3.63) is 60.2 Å². The number of para-hydroxylation sites is 1. The van der Waals surface area contributed by atoms with E-state index in [1.165, 1.54) is 5.01 Å². The number of benzene rings is 2. The van der Waals surface area contributed by atoms with Gasteiger partial charge in [-0.1, -0.05) is 30.3 Å². The first kappa shape index (κ1) is 17.2. The Bertz CT molecular complexity index is 788. The largest absolute Gasteiger partial charge is 0.456 e. The van der Waals surface area contributed by atoms with Gasteiger partial charge >= 0.3 is 5.97 Å². The Morgan fingerprint density at radius 3 is 2.52 bits per heavy atom. The van der Waals surface area contributed by atoms with Crippen molar-refractivity contribution in [3.8, 4) is 0 Å². The summed E-state index contributed by atoms with van der Waals surface area (Å²) in [4.78, 5) is 25.5. The fourth-order valence-electron chi connectivity index (χ4n) is 2.43. The molecule has 1 heterocycles. The van der Waals surface area contributed by atoms with Crippen LogP contribution in [-0.4, -0.2) is 23.8 Å². The average Bonchev–Trinajstić information content (AvgIpc) is 2.67. The van der Waals surface area contributed by atoms with E-state index in [4.69, 9.17) is 4.74 Å². The minimum atomic E-state index is -0.484. The maximum atomic E-state index is 12.3. The summed E-state index contributed by atoms with van der Waals surface area (Å²) in [7, 11) is 0. The molecule has 2 aromatic carbocycles. The molecule has 0 N–H and O–H groups in total. The number of carbonyl (C=O) groups excluding carboxylic acids is 2. The van der Waals surface area contributed by atoms with Gasteiger partial charge < -0.3 is 4.74 Å². The van der Waals surface area contributed by atoms with Crippen molar-refractivity contribution >= 4 is 35.0 Å². The van der Waals surface area contributed by atoms with Crippen LogP contribution in [0.1, 0.15) is 18.4 Å². The maximum Gasteiger partial charge on any atom is 0.354 e. The summed E-state index contributed by atoms with van der Waals surface area (Å²) < 4.78 is 5.35. The van der Waals surface area contributed by atoms with Crippen LogP contribution in [0.3, 0.4) is 0 Å². The number of carbonyl (C=O) groups is 2. The number of hydrogen-bond donors (Lipinski definition) is 0. The van der Waals surface area contributed by atoms with E-state index in [0.717, 1.165) is 10.5 Å². The van der Waals surface area contributed by atoms with Gasteiger partial charge in [0.15, 0.2) is 0 Å². The first-order chi connectivity index (χ1) is 12.2. The molecule has 2 aromatic rings. The first-order valence-electron chi connectivity index (χ1n) is 7.93. The zero-order chi connectivity index (χ0) is 17.6. The van der Waals surface area contributed by atoms with E-state index in [1.807, 2.05) is 48.7 Å². The second-order valence-electron chi connectivity index (χ2n) is 5.51. The van der Waals surface area contributed by atoms with E-state index < -0.39 is 5.97 Å². The highest BCUT2D eigenvalue weighted by Gasteiger charge is 2.26. The van der Waals surface area contributed by atoms with E-state index >= 15 is 0 Å². The smallest absolute Gasteiger partial charge is 0.354 e. The topological polar surface area (TPSA) is 59.0 Å². The van der Waals surface area contributed by atoms with Crippen molar-refractivity contribution in [1.29, 1.82) is 0 Å². The number of hydrazone groups is 1. The molecule has 0 saturated heterocycles. The third-order valence-corrected chi connectivity index (χ3v) is 4.54. The molecule has 0 bridgehead atoms. The van der Waals surface area contributed by atoms with Crippen molar-refractivity contribution < 1.29 is 14.3 Å². The van der Waals surface area contributed by atoms with Crippen LogP contribution in [0.15, 0.2) is 64.6 Å². The van der Waals surface area contributed by atoms with Gasteiger partial charge in [0.25, 0.3) is 0 Å². The quantitative estimate of drug-likeness (QED) is 0.608. The molecule has 25 heavy (non-hydrogen) atoms. The summed E-state index contributed by atoms with van der Waals surface area (Å²) in [5.41, 5.74) is 1.83. The predicted molar refractivity (Wildman–Crippen MR) is 98.6 cm³/mol. The molecule has 1 aliphatic rings. The molecule has 0 aromatic heterocycles. The second-order valence-corrected chi connectivity index (χ2v) is 6.39. The lowest BCUT2D eigenvalue weighted by Gasteiger charge is -2.22. The fourth-order valence-corrected chi connectivity index (χ4v) is 2.83. The van der Waals surface area contributed by atoms with Gasteiger partial charge in [0.05, 0.1) is 5.69 Å². The van der Waals surface area contributed by atoms with Crippen LogP contribution in [0, 0.1) is 0 Å². The van der Waals surface area contributed by atoms with Crippen molar-refractivity contribution in [2.75, 3.05) is 11.3 Å². The van der Waals surface area contributed by atoms with Gasteiger partial charge in [-0.15, -0.1) is 11.8 Å². The zero-order valence-electron chi connectivity index (χ0n) is 13.8. The molecular weight excluding hydrogens is 336 g/mol. The Morgan fingerprint density at radius 1 is 1.12 bits per heavy atom. The highest BCUT2D eigenvalue weighted by atomic mass is 32.2. The summed E-state index contributed by atoms with van der Waals surface area (Å²) in [6, 6.07) is 16.9. The van der Waals surface area contributed by atoms with Crippen LogP contribution in [0.2, 0.25) is 0 Å². The van der Waals surface area contributed by atoms with Gasteiger partial charge in [-0.2, -0.15) is 5.10 Å². The predicted octanol–water partition coefficient (Wildman–Crippen LogP) is 3.63. The van der Waals surface area contributed by atoms with Crippen molar-refractivity contribution in [2.45, 2.75) is 24.3 Å². The number of anilines is 1. The molecule has 6 heteroatoms. The number of amides is 1. The molecule has 1 amide bonds. The average molecular weight is 354 g/mol. The molecule has 0 atom stereocenters. The number of nitrogens with zero attached hydrogens (tertiary/aromatic N) is 2. The molecule has 3 rings (SSSR count). The first-order valence-corrected chi connectivity index (χ1v) is 9.15. The lowest BCUT2D eigenvalue weighted by molar-refractivity contribution is -0.137. The van der Waals surface area contributed by atoms with Gasteiger partial charge in [0.1, 0.15) is 12.3 Å². The second kappa shape index (κ2) is 7.98. The Morgan fingerprint density at radius 2 is 1.84 bits per heavy atom. The minimum Gasteiger partial charge on any atom is -0.456 e. The van der Waals surface area contributed by atoms with E-state index in [9.17, 15) is 9.59 Å². The van der Waals surface area contributed by atoms with E-state index in [0.29, 0.717) is 12.1 Å². The molecule has 1 aliphatic heterocycles. The summed E-state index contributed by atoms with van der Waals surface area (Å²) in [6.45, 7) is 0.186. The summed E-state index contributed by atoms with van der Waals surface area (Å²) >= 11 is 1.66. The third-order valence-electron chi connectivity index (χ3n) is 3.80. The SMILES string of the molecule is CSc1ccc(COC(=O)C2=NN(c3ccccc3)C(=O)CC2)cc1. The molecule has 0 fully saturated rings. The van der Waals surface area contributed by atoms with Crippen LogP contribution in [0.4, 0.5) is 5.69 Å². The summed E-state index contributed by atoms with van der Waals surface area (Å²) in [6.07, 6.45) is 2.55. The maximum absolute atomic E-state index is 12.3. The molecule has 0 unspecified atom stereocenters. The number of hydrogen-bond acceptors (Lipinski definition) is 5. The number of esters is 1. The molecular formula is C19H18N2O3S. The van der Waals surface area contributed by atoms with Crippen LogP contribution in [0.5, 0.6) is 0 Å². The summed E-state index contributed by atoms with van der Waals surface area (Å²) in [5.74, 6) is -0.613. The Balaban J connectivity index is 1.67. The van der Waals surface area contributed by atoms with Crippen LogP contribution < -0.4 is 5.01 Å². The standard InChI is InChI=1S/C19H18N2O3S/c1-25-16-9-7-14(8-10-16)13-24-19(23)17-11-12-18(22)21(20-17)15-5-3-2-4-6-15/h2-10H,11-13H2,1H3. The normalized spacial score (nSPS) is 14.2. The van der Waals surface area contributed by atoms with Crippen LogP contribution in [0.25, 0.3) is 0 Å². The van der Waals surface area contributed by atoms with Crippen LogP contribution >= 0.6 is 11.8 Å². The zero-order valence-corrected chi connectivity index (χ0v) is 14.7. The van der Waals surface area contributed by atoms with Crippen molar-refractivity contribution in [1.82, 2.24) is 0 Å². The molecule has 5 nitrogen and oxygen atoms in total. The third kappa shape index (κ3) is 4.28. The number of thioether (sulfide) groups is 1. The van der Waals surface area contributed by atoms with Crippen molar-refractivity contribution in [2.24, 2.45) is 5.10 Å². The summed E-state index contributed by atoms with van der Waals surface area (Å²) in [5, 5.41) is 5.47. The van der Waals surface area contributed by atoms with E-state index in [1.54, 1.807) is 23.9 Å². The number of ether oxygens (including phenoxy) is 1. The highest BCUT2D eigenvalue weighted by molar-refractivity contribution is 7.98. The van der Waals surface area contributed by atoms with Crippen LogP contribution in [-0.2, 0) is 20.9 Å².